The van der Waals surface area contributed by atoms with E-state index in [0.29, 0.717) is 6.42 Å². The van der Waals surface area contributed by atoms with Crippen LogP contribution >= 0.6 is 0 Å². The molecule has 17 heavy (non-hydrogen) atoms. The van der Waals surface area contributed by atoms with Gasteiger partial charge in [-0.2, -0.15) is 0 Å². The van der Waals surface area contributed by atoms with Crippen LogP contribution in [0, 0.1) is 18.6 Å². The van der Waals surface area contributed by atoms with Crippen molar-refractivity contribution in [3.63, 3.8) is 0 Å². The van der Waals surface area contributed by atoms with Crippen molar-refractivity contribution in [2.75, 3.05) is 6.54 Å². The van der Waals surface area contributed by atoms with Crippen molar-refractivity contribution in [1.82, 2.24) is 5.32 Å². The van der Waals surface area contributed by atoms with Crippen molar-refractivity contribution >= 4 is 0 Å². The van der Waals surface area contributed by atoms with Crippen LogP contribution in [0.25, 0.3) is 0 Å². The van der Waals surface area contributed by atoms with E-state index in [2.05, 4.69) is 5.32 Å². The Balaban J connectivity index is 3.13. The second-order valence-electron chi connectivity index (χ2n) is 3.86. The zero-order valence-electron chi connectivity index (χ0n) is 9.74. The van der Waals surface area contributed by atoms with Gasteiger partial charge in [-0.3, -0.25) is 0 Å². The summed E-state index contributed by atoms with van der Waals surface area (Å²) in [4.78, 5) is 0. The molecule has 1 nitrogen and oxygen atoms in total. The van der Waals surface area contributed by atoms with E-state index < -0.39 is 29.7 Å². The van der Waals surface area contributed by atoms with Gasteiger partial charge >= 0.3 is 0 Å². The lowest BCUT2D eigenvalue weighted by Gasteiger charge is -2.20. The molecule has 0 saturated heterocycles. The van der Waals surface area contributed by atoms with Crippen LogP contribution in [-0.4, -0.2) is 13.0 Å². The Kier molecular flexibility index (Phi) is 4.93. The van der Waals surface area contributed by atoms with Crippen LogP contribution < -0.4 is 5.32 Å². The maximum absolute atomic E-state index is 13.7. The predicted molar refractivity (Wildman–Crippen MR) is 58.1 cm³/mol. The van der Waals surface area contributed by atoms with Gasteiger partial charge in [-0.05, 0) is 31.5 Å². The molecule has 1 aromatic rings. The Morgan fingerprint density at radius 3 is 2.41 bits per heavy atom. The predicted octanol–water partition coefficient (Wildman–Crippen LogP) is 3.58. The summed E-state index contributed by atoms with van der Waals surface area (Å²) >= 11 is 0. The van der Waals surface area contributed by atoms with Crippen molar-refractivity contribution in [3.05, 3.63) is 34.9 Å². The average Bonchev–Trinajstić information content (AvgIpc) is 2.28. The van der Waals surface area contributed by atoms with Gasteiger partial charge in [0, 0.05) is 5.56 Å². The van der Waals surface area contributed by atoms with E-state index in [1.165, 1.54) is 13.0 Å². The van der Waals surface area contributed by atoms with E-state index in [-0.39, 0.29) is 12.1 Å². The molecule has 0 spiro atoms. The molecule has 0 bridgehead atoms. The molecule has 96 valence electrons. The fourth-order valence-electron chi connectivity index (χ4n) is 1.58. The minimum Gasteiger partial charge on any atom is -0.305 e. The van der Waals surface area contributed by atoms with Crippen LogP contribution in [0.5, 0.6) is 0 Å². The second-order valence-corrected chi connectivity index (χ2v) is 3.86. The zero-order chi connectivity index (χ0) is 13.0. The summed E-state index contributed by atoms with van der Waals surface area (Å²) in [5.74, 6) is -1.85. The largest absolute Gasteiger partial charge is 0.305 e. The van der Waals surface area contributed by atoms with Crippen LogP contribution in [0.2, 0.25) is 0 Å². The smallest absolute Gasteiger partial charge is 0.258 e. The molecule has 0 amide bonds. The van der Waals surface area contributed by atoms with Crippen molar-refractivity contribution in [2.45, 2.75) is 32.7 Å². The molecule has 0 aliphatic carbocycles. The molecule has 0 heterocycles. The number of aryl methyl sites for hydroxylation is 1. The van der Waals surface area contributed by atoms with Crippen molar-refractivity contribution in [1.29, 1.82) is 0 Å². The summed E-state index contributed by atoms with van der Waals surface area (Å²) < 4.78 is 52.8. The quantitative estimate of drug-likeness (QED) is 0.786. The number of alkyl halides is 2. The third-order valence-electron chi connectivity index (χ3n) is 2.50. The van der Waals surface area contributed by atoms with Gasteiger partial charge in [0.05, 0.1) is 6.04 Å². The minimum atomic E-state index is -2.85. The molecule has 1 N–H and O–H groups in total. The molecule has 5 heteroatoms. The maximum Gasteiger partial charge on any atom is 0.258 e. The molecule has 0 radical (unpaired) electrons. The highest BCUT2D eigenvalue weighted by Crippen LogP contribution is 2.27. The summed E-state index contributed by atoms with van der Waals surface area (Å²) in [6, 6.07) is 0.641. The highest BCUT2D eigenvalue weighted by molar-refractivity contribution is 5.29. The van der Waals surface area contributed by atoms with Crippen molar-refractivity contribution in [3.8, 4) is 0 Å². The first-order valence-electron chi connectivity index (χ1n) is 5.45. The molecule has 1 unspecified atom stereocenters. The van der Waals surface area contributed by atoms with Crippen molar-refractivity contribution in [2.24, 2.45) is 0 Å². The summed E-state index contributed by atoms with van der Waals surface area (Å²) in [5.41, 5.74) is -0.418. The average molecular weight is 249 g/mol. The first-order valence-corrected chi connectivity index (χ1v) is 5.45. The monoisotopic (exact) mass is 249 g/mol. The molecular formula is C12H15F4N. The first kappa shape index (κ1) is 14.0. The summed E-state index contributed by atoms with van der Waals surface area (Å²) in [7, 11) is 0. The molecular weight excluding hydrogens is 234 g/mol. The number of hydrogen-bond acceptors (Lipinski definition) is 1. The summed E-state index contributed by atoms with van der Waals surface area (Å²) in [6.07, 6.45) is -2.24. The van der Waals surface area contributed by atoms with E-state index >= 15 is 0 Å². The Morgan fingerprint density at radius 2 is 1.88 bits per heavy atom. The third kappa shape index (κ3) is 3.19. The van der Waals surface area contributed by atoms with Crippen LogP contribution in [0.3, 0.4) is 0 Å². The standard InChI is InChI=1S/C12H15F4N/c1-3-6-17-11(12(15)16)9-8(13)5-4-7(2)10(9)14/h4-5,11-12,17H,3,6H2,1-2H3. The Morgan fingerprint density at radius 1 is 1.24 bits per heavy atom. The van der Waals surface area contributed by atoms with Crippen molar-refractivity contribution < 1.29 is 17.6 Å². The molecule has 0 aliphatic rings. The first-order chi connectivity index (χ1) is 7.99. The summed E-state index contributed by atoms with van der Waals surface area (Å²) in [5, 5.41) is 2.46. The Bertz CT molecular complexity index is 379. The highest BCUT2D eigenvalue weighted by atomic mass is 19.3. The fourth-order valence-corrected chi connectivity index (χ4v) is 1.58. The van der Waals surface area contributed by atoms with E-state index in [9.17, 15) is 17.6 Å². The van der Waals surface area contributed by atoms with Gasteiger partial charge in [-0.25, -0.2) is 17.6 Å². The fraction of sp³-hybridized carbons (Fsp3) is 0.500. The maximum atomic E-state index is 13.7. The Labute approximate surface area is 97.8 Å². The molecule has 1 aromatic carbocycles. The Hall–Kier alpha value is -1.10. The van der Waals surface area contributed by atoms with Gasteiger partial charge < -0.3 is 5.32 Å². The van der Waals surface area contributed by atoms with Crippen LogP contribution in [0.1, 0.15) is 30.5 Å². The van der Waals surface area contributed by atoms with Gasteiger partial charge in [0.1, 0.15) is 11.6 Å². The van der Waals surface area contributed by atoms with Gasteiger partial charge in [0.25, 0.3) is 6.43 Å². The third-order valence-corrected chi connectivity index (χ3v) is 2.50. The molecule has 1 atom stereocenters. The lowest BCUT2D eigenvalue weighted by atomic mass is 10.0. The number of benzene rings is 1. The van der Waals surface area contributed by atoms with E-state index in [1.807, 2.05) is 0 Å². The van der Waals surface area contributed by atoms with Gasteiger partial charge in [-0.1, -0.05) is 13.0 Å². The molecule has 0 aromatic heterocycles. The normalized spacial score (nSPS) is 13.1. The topological polar surface area (TPSA) is 12.0 Å². The molecule has 0 saturated carbocycles. The van der Waals surface area contributed by atoms with Crippen LogP contribution in [0.15, 0.2) is 12.1 Å². The van der Waals surface area contributed by atoms with Crippen LogP contribution in [-0.2, 0) is 0 Å². The zero-order valence-corrected chi connectivity index (χ0v) is 9.74. The molecule has 1 rings (SSSR count). The number of halogens is 4. The highest BCUT2D eigenvalue weighted by Gasteiger charge is 2.28. The lowest BCUT2D eigenvalue weighted by molar-refractivity contribution is 0.0948. The van der Waals surface area contributed by atoms with E-state index in [0.717, 1.165) is 6.07 Å². The number of nitrogens with one attached hydrogen (secondary N) is 1. The van der Waals surface area contributed by atoms with Gasteiger partial charge in [0.2, 0.25) is 0 Å². The number of rotatable bonds is 5. The van der Waals surface area contributed by atoms with E-state index in [4.69, 9.17) is 0 Å². The van der Waals surface area contributed by atoms with E-state index in [1.54, 1.807) is 6.92 Å². The lowest BCUT2D eigenvalue weighted by Crippen LogP contribution is -2.30. The van der Waals surface area contributed by atoms with Gasteiger partial charge in [0.15, 0.2) is 0 Å². The summed E-state index contributed by atoms with van der Waals surface area (Å²) in [6.45, 7) is 3.49. The molecule has 0 aliphatic heterocycles. The SMILES string of the molecule is CCCNC(c1c(F)ccc(C)c1F)C(F)F. The number of hydrogen-bond donors (Lipinski definition) is 1. The minimum absolute atomic E-state index is 0.158. The van der Waals surface area contributed by atoms with Gasteiger partial charge in [-0.15, -0.1) is 0 Å². The second kappa shape index (κ2) is 6.00. The molecule has 0 fully saturated rings. The van der Waals surface area contributed by atoms with Crippen LogP contribution in [0.4, 0.5) is 17.6 Å².